The molecular formula is C22H17ClN4OS. The lowest BCUT2D eigenvalue weighted by Gasteiger charge is -2.08. The summed E-state index contributed by atoms with van der Waals surface area (Å²) in [6.45, 7) is 4.63. The molecule has 0 bridgehead atoms. The van der Waals surface area contributed by atoms with E-state index in [1.165, 1.54) is 10.4 Å². The Labute approximate surface area is 176 Å². The predicted molar refractivity (Wildman–Crippen MR) is 117 cm³/mol. The monoisotopic (exact) mass is 420 g/mol. The Bertz CT molecular complexity index is 1360. The Morgan fingerprint density at radius 1 is 1.10 bits per heavy atom. The highest BCUT2D eigenvalue weighted by Gasteiger charge is 2.15. The van der Waals surface area contributed by atoms with Crippen LogP contribution in [-0.4, -0.2) is 19.6 Å². The van der Waals surface area contributed by atoms with Gasteiger partial charge in [0, 0.05) is 10.4 Å². The summed E-state index contributed by atoms with van der Waals surface area (Å²) in [4.78, 5) is 11.6. The average molecular weight is 421 g/mol. The van der Waals surface area contributed by atoms with Crippen molar-refractivity contribution in [3.8, 4) is 17.1 Å². The molecule has 144 valence electrons. The van der Waals surface area contributed by atoms with Gasteiger partial charge in [0.15, 0.2) is 11.5 Å². The molecule has 7 heteroatoms. The normalized spacial score (nSPS) is 11.4. The number of para-hydroxylation sites is 1. The lowest BCUT2D eigenvalue weighted by atomic mass is 10.1. The van der Waals surface area contributed by atoms with E-state index in [2.05, 4.69) is 23.9 Å². The Hall–Kier alpha value is -2.96. The lowest BCUT2D eigenvalue weighted by Crippen LogP contribution is -1.96. The molecule has 0 spiro atoms. The van der Waals surface area contributed by atoms with Gasteiger partial charge in [0.25, 0.3) is 0 Å². The fourth-order valence-corrected chi connectivity index (χ4v) is 4.47. The van der Waals surface area contributed by atoms with E-state index in [1.54, 1.807) is 22.2 Å². The standard InChI is InChI=1S/C22H17ClN4OS/c1-13-14(2)29-22-19(13)21-25-20(26-27(21)12-24-22)16-7-5-6-15(10-16)11-28-18-9-4-3-8-17(18)23/h3-10,12H,11H2,1-2H3. The van der Waals surface area contributed by atoms with Crippen molar-refractivity contribution in [2.45, 2.75) is 20.5 Å². The molecule has 5 aromatic rings. The average Bonchev–Trinajstić information content (AvgIpc) is 3.28. The molecular weight excluding hydrogens is 404 g/mol. The molecule has 0 saturated carbocycles. The summed E-state index contributed by atoms with van der Waals surface area (Å²) in [5.41, 5.74) is 4.01. The van der Waals surface area contributed by atoms with E-state index in [0.29, 0.717) is 23.2 Å². The fourth-order valence-electron chi connectivity index (χ4n) is 3.29. The van der Waals surface area contributed by atoms with Crippen LogP contribution in [0, 0.1) is 13.8 Å². The predicted octanol–water partition coefficient (Wildman–Crippen LogP) is 5.86. The second-order valence-corrected chi connectivity index (χ2v) is 8.44. The van der Waals surface area contributed by atoms with Crippen LogP contribution in [-0.2, 0) is 6.61 Å². The number of thiophene rings is 1. The summed E-state index contributed by atoms with van der Waals surface area (Å²) in [5.74, 6) is 1.34. The van der Waals surface area contributed by atoms with E-state index in [9.17, 15) is 0 Å². The minimum atomic E-state index is 0.416. The molecule has 0 atom stereocenters. The van der Waals surface area contributed by atoms with Crippen LogP contribution in [0.1, 0.15) is 16.0 Å². The highest BCUT2D eigenvalue weighted by molar-refractivity contribution is 7.18. The van der Waals surface area contributed by atoms with Crippen molar-refractivity contribution in [3.63, 3.8) is 0 Å². The Balaban J connectivity index is 1.49. The van der Waals surface area contributed by atoms with Gasteiger partial charge in [-0.2, -0.15) is 0 Å². The van der Waals surface area contributed by atoms with Crippen LogP contribution in [0.5, 0.6) is 5.75 Å². The first-order valence-electron chi connectivity index (χ1n) is 9.18. The van der Waals surface area contributed by atoms with Gasteiger partial charge in [-0.15, -0.1) is 16.4 Å². The van der Waals surface area contributed by atoms with E-state index in [4.69, 9.17) is 21.3 Å². The van der Waals surface area contributed by atoms with Crippen molar-refractivity contribution >= 4 is 38.8 Å². The Kier molecular flexibility index (Phi) is 4.45. The molecule has 0 saturated heterocycles. The first kappa shape index (κ1) is 18.1. The molecule has 29 heavy (non-hydrogen) atoms. The Morgan fingerprint density at radius 2 is 1.97 bits per heavy atom. The lowest BCUT2D eigenvalue weighted by molar-refractivity contribution is 0.306. The van der Waals surface area contributed by atoms with Crippen LogP contribution < -0.4 is 4.74 Å². The van der Waals surface area contributed by atoms with Crippen LogP contribution >= 0.6 is 22.9 Å². The van der Waals surface area contributed by atoms with Crippen molar-refractivity contribution in [3.05, 3.63) is 75.9 Å². The second kappa shape index (κ2) is 7.13. The van der Waals surface area contributed by atoms with E-state index >= 15 is 0 Å². The zero-order valence-corrected chi connectivity index (χ0v) is 17.5. The van der Waals surface area contributed by atoms with Crippen molar-refractivity contribution in [2.24, 2.45) is 0 Å². The highest BCUT2D eigenvalue weighted by Crippen LogP contribution is 2.32. The molecule has 0 aliphatic carbocycles. The first-order valence-corrected chi connectivity index (χ1v) is 10.4. The molecule has 0 aliphatic rings. The summed E-state index contributed by atoms with van der Waals surface area (Å²) < 4.78 is 7.62. The summed E-state index contributed by atoms with van der Waals surface area (Å²) in [6.07, 6.45) is 1.73. The number of aromatic nitrogens is 4. The topological polar surface area (TPSA) is 52.3 Å². The molecule has 5 nitrogen and oxygen atoms in total. The largest absolute Gasteiger partial charge is 0.487 e. The number of hydrogen-bond donors (Lipinski definition) is 0. The summed E-state index contributed by atoms with van der Waals surface area (Å²) in [7, 11) is 0. The van der Waals surface area contributed by atoms with Gasteiger partial charge in [-0.05, 0) is 43.2 Å². The van der Waals surface area contributed by atoms with Gasteiger partial charge in [-0.1, -0.05) is 41.9 Å². The molecule has 0 N–H and O–H groups in total. The van der Waals surface area contributed by atoms with Crippen molar-refractivity contribution in [2.75, 3.05) is 0 Å². The Morgan fingerprint density at radius 3 is 2.83 bits per heavy atom. The number of ether oxygens (including phenoxy) is 1. The van der Waals surface area contributed by atoms with Gasteiger partial charge in [0.1, 0.15) is 23.5 Å². The molecule has 0 aliphatic heterocycles. The first-order chi connectivity index (χ1) is 14.1. The second-order valence-electron chi connectivity index (χ2n) is 6.83. The maximum Gasteiger partial charge on any atom is 0.182 e. The quantitative estimate of drug-likeness (QED) is 0.365. The zero-order valence-electron chi connectivity index (χ0n) is 15.9. The third-order valence-corrected chi connectivity index (χ3v) is 6.35. The summed E-state index contributed by atoms with van der Waals surface area (Å²) in [5, 5.41) is 6.32. The van der Waals surface area contributed by atoms with Crippen molar-refractivity contribution < 1.29 is 4.74 Å². The molecule has 2 aromatic carbocycles. The number of fused-ring (bicyclic) bond motifs is 3. The molecule has 0 unspecified atom stereocenters. The van der Waals surface area contributed by atoms with Gasteiger partial charge >= 0.3 is 0 Å². The summed E-state index contributed by atoms with van der Waals surface area (Å²) in [6, 6.07) is 15.5. The molecule has 5 rings (SSSR count). The van der Waals surface area contributed by atoms with E-state index in [0.717, 1.165) is 27.0 Å². The number of aryl methyl sites for hydroxylation is 2. The van der Waals surface area contributed by atoms with Crippen LogP contribution in [0.4, 0.5) is 0 Å². The third-order valence-electron chi connectivity index (χ3n) is 4.92. The summed E-state index contributed by atoms with van der Waals surface area (Å²) >= 11 is 7.86. The number of hydrogen-bond acceptors (Lipinski definition) is 5. The van der Waals surface area contributed by atoms with Crippen LogP contribution in [0.25, 0.3) is 27.3 Å². The maximum absolute atomic E-state index is 6.17. The van der Waals surface area contributed by atoms with E-state index in [-0.39, 0.29) is 0 Å². The van der Waals surface area contributed by atoms with Gasteiger partial charge in [0.2, 0.25) is 0 Å². The van der Waals surface area contributed by atoms with Crippen LogP contribution in [0.2, 0.25) is 5.02 Å². The third kappa shape index (κ3) is 3.24. The number of benzene rings is 2. The number of halogens is 1. The number of nitrogens with zero attached hydrogens (tertiary/aromatic N) is 4. The van der Waals surface area contributed by atoms with Gasteiger partial charge < -0.3 is 4.74 Å². The van der Waals surface area contributed by atoms with Gasteiger partial charge in [-0.25, -0.2) is 14.5 Å². The number of rotatable bonds is 4. The van der Waals surface area contributed by atoms with Crippen molar-refractivity contribution in [1.82, 2.24) is 19.6 Å². The highest BCUT2D eigenvalue weighted by atomic mass is 35.5. The molecule has 0 fully saturated rings. The SMILES string of the molecule is Cc1sc2ncn3nc(-c4cccc(COc5ccccc5Cl)c4)nc3c2c1C. The molecule has 0 amide bonds. The minimum Gasteiger partial charge on any atom is -0.487 e. The molecule has 3 aromatic heterocycles. The molecule has 3 heterocycles. The van der Waals surface area contributed by atoms with Crippen LogP contribution in [0.15, 0.2) is 54.9 Å². The van der Waals surface area contributed by atoms with Crippen LogP contribution in [0.3, 0.4) is 0 Å². The maximum atomic E-state index is 6.17. The van der Waals surface area contributed by atoms with E-state index in [1.807, 2.05) is 48.5 Å². The fraction of sp³-hybridized carbons (Fsp3) is 0.136. The zero-order chi connectivity index (χ0) is 20.0. The van der Waals surface area contributed by atoms with E-state index < -0.39 is 0 Å². The van der Waals surface area contributed by atoms with Gasteiger partial charge in [-0.3, -0.25) is 0 Å². The smallest absolute Gasteiger partial charge is 0.182 e. The minimum absolute atomic E-state index is 0.416. The van der Waals surface area contributed by atoms with Gasteiger partial charge in [0.05, 0.1) is 10.4 Å². The van der Waals surface area contributed by atoms with Crippen molar-refractivity contribution in [1.29, 1.82) is 0 Å². The molecule has 0 radical (unpaired) electrons.